The van der Waals surface area contributed by atoms with Crippen molar-refractivity contribution < 1.29 is 13.2 Å². The molecule has 112 valence electrons. The van der Waals surface area contributed by atoms with Crippen LogP contribution in [0.5, 0.6) is 0 Å². The number of morpholine rings is 1. The summed E-state index contributed by atoms with van der Waals surface area (Å²) in [6, 6.07) is 7.06. The average molecular weight is 307 g/mol. The Morgan fingerprint density at radius 2 is 2.05 bits per heavy atom. The second-order valence-corrected chi connectivity index (χ2v) is 6.84. The number of hydrogen-bond acceptors (Lipinski definition) is 4. The number of rotatable bonds is 4. The smallest absolute Gasteiger partial charge is 0.243 e. The van der Waals surface area contributed by atoms with Crippen molar-refractivity contribution in [2.75, 3.05) is 26.3 Å². The summed E-state index contributed by atoms with van der Waals surface area (Å²) in [5, 5.41) is 0. The van der Waals surface area contributed by atoms with Crippen LogP contribution < -0.4 is 0 Å². The SMILES string of the molecule is O=S(=O)(c1cccc(Cn2ccnc2)c1)N1CCOCC1. The molecule has 2 heterocycles. The average Bonchev–Trinajstić information content (AvgIpc) is 3.01. The van der Waals surface area contributed by atoms with Crippen molar-refractivity contribution in [3.05, 3.63) is 48.5 Å². The van der Waals surface area contributed by atoms with Crippen LogP contribution in [0.15, 0.2) is 47.9 Å². The molecule has 3 rings (SSSR count). The molecule has 2 aromatic rings. The van der Waals surface area contributed by atoms with E-state index in [-0.39, 0.29) is 0 Å². The maximum atomic E-state index is 12.6. The molecule has 1 aromatic heterocycles. The number of imidazole rings is 1. The second kappa shape index (κ2) is 5.97. The number of ether oxygens (including phenoxy) is 1. The first-order valence-electron chi connectivity index (χ1n) is 6.79. The third-order valence-electron chi connectivity index (χ3n) is 3.43. The van der Waals surface area contributed by atoms with Crippen LogP contribution in [0.2, 0.25) is 0 Å². The van der Waals surface area contributed by atoms with Gasteiger partial charge in [0.1, 0.15) is 0 Å². The number of hydrogen-bond donors (Lipinski definition) is 0. The molecule has 0 saturated carbocycles. The molecule has 0 bridgehead atoms. The van der Waals surface area contributed by atoms with Crippen molar-refractivity contribution >= 4 is 10.0 Å². The normalized spacial score (nSPS) is 17.0. The van der Waals surface area contributed by atoms with Gasteiger partial charge >= 0.3 is 0 Å². The zero-order valence-electron chi connectivity index (χ0n) is 11.6. The van der Waals surface area contributed by atoms with Crippen molar-refractivity contribution in [1.82, 2.24) is 13.9 Å². The lowest BCUT2D eigenvalue weighted by atomic mass is 10.2. The van der Waals surface area contributed by atoms with Crippen LogP contribution in [0, 0.1) is 0 Å². The van der Waals surface area contributed by atoms with Gasteiger partial charge in [-0.15, -0.1) is 0 Å². The summed E-state index contributed by atoms with van der Waals surface area (Å²) in [5.41, 5.74) is 0.933. The Hall–Kier alpha value is -1.70. The maximum Gasteiger partial charge on any atom is 0.243 e. The summed E-state index contributed by atoms with van der Waals surface area (Å²) >= 11 is 0. The largest absolute Gasteiger partial charge is 0.379 e. The minimum absolute atomic E-state index is 0.335. The van der Waals surface area contributed by atoms with Crippen molar-refractivity contribution in [2.24, 2.45) is 0 Å². The summed E-state index contributed by atoms with van der Waals surface area (Å²) in [4.78, 5) is 4.32. The molecule has 0 aliphatic carbocycles. The Kier molecular flexibility index (Phi) is 4.05. The molecule has 1 aliphatic heterocycles. The minimum atomic E-state index is -3.43. The van der Waals surface area contributed by atoms with Crippen molar-refractivity contribution in [3.63, 3.8) is 0 Å². The quantitative estimate of drug-likeness (QED) is 0.844. The monoisotopic (exact) mass is 307 g/mol. The third-order valence-corrected chi connectivity index (χ3v) is 5.33. The van der Waals surface area contributed by atoms with E-state index in [0.29, 0.717) is 37.7 Å². The highest BCUT2D eigenvalue weighted by atomic mass is 32.2. The standard InChI is InChI=1S/C14H17N3O3S/c18-21(19,17-6-8-20-9-7-17)14-3-1-2-13(10-14)11-16-5-4-15-12-16/h1-5,10,12H,6-9,11H2. The number of nitrogens with zero attached hydrogens (tertiary/aromatic N) is 3. The van der Waals surface area contributed by atoms with Gasteiger partial charge < -0.3 is 9.30 Å². The number of benzene rings is 1. The first-order chi connectivity index (χ1) is 10.2. The Labute approximate surface area is 124 Å². The molecule has 0 atom stereocenters. The van der Waals surface area contributed by atoms with E-state index >= 15 is 0 Å². The molecule has 6 nitrogen and oxygen atoms in total. The van der Waals surface area contributed by atoms with Crippen LogP contribution in [0.25, 0.3) is 0 Å². The van der Waals surface area contributed by atoms with Crippen LogP contribution in [-0.2, 0) is 21.3 Å². The van der Waals surface area contributed by atoms with Crippen molar-refractivity contribution in [2.45, 2.75) is 11.4 Å². The molecule has 1 aromatic carbocycles. The van der Waals surface area contributed by atoms with Crippen LogP contribution in [0.1, 0.15) is 5.56 Å². The Bertz CT molecular complexity index is 692. The molecule has 7 heteroatoms. The van der Waals surface area contributed by atoms with Gasteiger partial charge in [-0.3, -0.25) is 0 Å². The topological polar surface area (TPSA) is 64.4 Å². The molecule has 1 saturated heterocycles. The van der Waals surface area contributed by atoms with Crippen LogP contribution in [-0.4, -0.2) is 48.6 Å². The zero-order chi connectivity index (χ0) is 14.7. The predicted octanol–water partition coefficient (Wildman–Crippen LogP) is 0.952. The van der Waals surface area contributed by atoms with E-state index in [1.54, 1.807) is 30.7 Å². The Balaban J connectivity index is 1.84. The lowest BCUT2D eigenvalue weighted by molar-refractivity contribution is 0.0730. The molecule has 0 amide bonds. The minimum Gasteiger partial charge on any atom is -0.379 e. The maximum absolute atomic E-state index is 12.6. The van der Waals surface area contributed by atoms with Gasteiger partial charge in [-0.25, -0.2) is 13.4 Å². The van der Waals surface area contributed by atoms with E-state index in [4.69, 9.17) is 4.74 Å². The summed E-state index contributed by atoms with van der Waals surface area (Å²) in [6.07, 6.45) is 5.26. The van der Waals surface area contributed by atoms with Gasteiger partial charge in [0.15, 0.2) is 0 Å². The van der Waals surface area contributed by atoms with E-state index in [9.17, 15) is 8.42 Å². The van der Waals surface area contributed by atoms with Crippen LogP contribution >= 0.6 is 0 Å². The molecule has 0 N–H and O–H groups in total. The van der Waals surface area contributed by atoms with Gasteiger partial charge in [0.25, 0.3) is 0 Å². The molecule has 1 fully saturated rings. The fraction of sp³-hybridized carbons (Fsp3) is 0.357. The van der Waals surface area contributed by atoms with E-state index in [1.165, 1.54) is 4.31 Å². The zero-order valence-corrected chi connectivity index (χ0v) is 12.4. The summed E-state index contributed by atoms with van der Waals surface area (Å²) in [5.74, 6) is 0. The number of sulfonamides is 1. The Morgan fingerprint density at radius 1 is 1.24 bits per heavy atom. The van der Waals surface area contributed by atoms with Crippen LogP contribution in [0.3, 0.4) is 0 Å². The van der Waals surface area contributed by atoms with Gasteiger partial charge in [-0.1, -0.05) is 12.1 Å². The lowest BCUT2D eigenvalue weighted by Crippen LogP contribution is -2.40. The van der Waals surface area contributed by atoms with Crippen molar-refractivity contribution in [1.29, 1.82) is 0 Å². The fourth-order valence-corrected chi connectivity index (χ4v) is 3.81. The van der Waals surface area contributed by atoms with Crippen LogP contribution in [0.4, 0.5) is 0 Å². The molecule has 0 unspecified atom stereocenters. The van der Waals surface area contributed by atoms with E-state index in [1.807, 2.05) is 16.8 Å². The third kappa shape index (κ3) is 3.15. The molecule has 0 radical (unpaired) electrons. The second-order valence-electron chi connectivity index (χ2n) is 4.90. The Morgan fingerprint density at radius 3 is 2.76 bits per heavy atom. The van der Waals surface area contributed by atoms with Gasteiger partial charge in [-0.2, -0.15) is 4.31 Å². The molecule has 0 spiro atoms. The van der Waals surface area contributed by atoms with Crippen molar-refractivity contribution in [3.8, 4) is 0 Å². The highest BCUT2D eigenvalue weighted by Gasteiger charge is 2.26. The number of aromatic nitrogens is 2. The predicted molar refractivity (Wildman–Crippen MR) is 77.3 cm³/mol. The van der Waals surface area contributed by atoms with Gasteiger partial charge in [0.05, 0.1) is 24.4 Å². The molecular weight excluding hydrogens is 290 g/mol. The first-order valence-corrected chi connectivity index (χ1v) is 8.23. The summed E-state index contributed by atoms with van der Waals surface area (Å²) in [7, 11) is -3.43. The van der Waals surface area contributed by atoms with E-state index in [2.05, 4.69) is 4.98 Å². The fourth-order valence-electron chi connectivity index (χ4n) is 2.33. The lowest BCUT2D eigenvalue weighted by Gasteiger charge is -2.26. The first kappa shape index (κ1) is 14.2. The molecule has 21 heavy (non-hydrogen) atoms. The van der Waals surface area contributed by atoms with E-state index in [0.717, 1.165) is 5.56 Å². The van der Waals surface area contributed by atoms with E-state index < -0.39 is 10.0 Å². The summed E-state index contributed by atoms with van der Waals surface area (Å²) < 4.78 is 33.8. The van der Waals surface area contributed by atoms with Gasteiger partial charge in [-0.05, 0) is 17.7 Å². The highest BCUT2D eigenvalue weighted by molar-refractivity contribution is 7.89. The van der Waals surface area contributed by atoms with Gasteiger partial charge in [0, 0.05) is 32.0 Å². The highest BCUT2D eigenvalue weighted by Crippen LogP contribution is 2.18. The summed E-state index contributed by atoms with van der Waals surface area (Å²) in [6.45, 7) is 2.33. The molecule has 1 aliphatic rings. The molecular formula is C14H17N3O3S. The van der Waals surface area contributed by atoms with Gasteiger partial charge in [0.2, 0.25) is 10.0 Å².